The Kier molecular flexibility index (Phi) is 11.0. The molecule has 2 aromatic carbocycles. The topological polar surface area (TPSA) is 151 Å². The number of hydrogen-bond acceptors (Lipinski definition) is 8. The van der Waals surface area contributed by atoms with Crippen molar-refractivity contribution in [2.75, 3.05) is 33.9 Å². The van der Waals surface area contributed by atoms with Gasteiger partial charge >= 0.3 is 11.9 Å². The number of carboxylic acids is 2. The Balaban J connectivity index is 0.000000696. The number of rotatable bonds is 10. The summed E-state index contributed by atoms with van der Waals surface area (Å²) in [6, 6.07) is 21.0. The maximum Gasteiger partial charge on any atom is 0.414 e. The lowest BCUT2D eigenvalue weighted by atomic mass is 10.1. The standard InChI is InChI=1S/C28H31N3O4.C2H2O4/c1-30(16-14-20-6-10-23(34-3)11-7-20)18-22(32)19-35-24-12-8-21(9-13-24)27-17-26-25(5-4-15-29-26)28(33)31(27)2;3-1(4)2(5)6/h4-13,15,17,22,32H,14,16,18-19H2,1-3H3;(H,3,4)(H,5,6). The fourth-order valence-corrected chi connectivity index (χ4v) is 4.04. The summed E-state index contributed by atoms with van der Waals surface area (Å²) in [6.07, 6.45) is 1.97. The lowest BCUT2D eigenvalue weighted by Gasteiger charge is -2.21. The predicted octanol–water partition coefficient (Wildman–Crippen LogP) is 2.68. The largest absolute Gasteiger partial charge is 0.497 e. The molecule has 11 nitrogen and oxygen atoms in total. The number of benzene rings is 2. The van der Waals surface area contributed by atoms with E-state index in [4.69, 9.17) is 29.3 Å². The molecule has 0 fully saturated rings. The van der Waals surface area contributed by atoms with Crippen molar-refractivity contribution in [3.05, 3.63) is 88.8 Å². The first-order valence-electron chi connectivity index (χ1n) is 12.7. The number of carbonyl (C=O) groups is 2. The third-order valence-corrected chi connectivity index (χ3v) is 6.25. The van der Waals surface area contributed by atoms with Gasteiger partial charge in [-0.2, -0.15) is 0 Å². The monoisotopic (exact) mass is 563 g/mol. The minimum atomic E-state index is -1.82. The van der Waals surface area contributed by atoms with Crippen LogP contribution in [0, 0.1) is 0 Å². The predicted molar refractivity (Wildman–Crippen MR) is 153 cm³/mol. The summed E-state index contributed by atoms with van der Waals surface area (Å²) < 4.78 is 12.6. The zero-order chi connectivity index (χ0) is 29.9. The number of aliphatic hydroxyl groups is 1. The number of likely N-dealkylation sites (N-methyl/N-ethyl adjacent to an activating group) is 1. The van der Waals surface area contributed by atoms with E-state index in [1.54, 1.807) is 37.1 Å². The Morgan fingerprint density at radius 1 is 1.00 bits per heavy atom. The van der Waals surface area contributed by atoms with E-state index in [0.717, 1.165) is 30.0 Å². The molecule has 0 spiro atoms. The van der Waals surface area contributed by atoms with Crippen LogP contribution in [0.3, 0.4) is 0 Å². The molecule has 0 aliphatic heterocycles. The van der Waals surface area contributed by atoms with E-state index in [1.807, 2.05) is 49.5 Å². The number of aliphatic hydroxyl groups excluding tert-OH is 1. The van der Waals surface area contributed by atoms with Crippen molar-refractivity contribution in [3.8, 4) is 22.8 Å². The summed E-state index contributed by atoms with van der Waals surface area (Å²) in [6.45, 7) is 1.54. The normalized spacial score (nSPS) is 11.4. The smallest absolute Gasteiger partial charge is 0.414 e. The van der Waals surface area contributed by atoms with Crippen molar-refractivity contribution >= 4 is 22.8 Å². The molecule has 0 amide bonds. The number of aromatic nitrogens is 2. The molecule has 0 aliphatic rings. The molecule has 0 radical (unpaired) electrons. The molecule has 1 atom stereocenters. The number of pyridine rings is 2. The molecule has 0 bridgehead atoms. The summed E-state index contributed by atoms with van der Waals surface area (Å²) >= 11 is 0. The maximum atomic E-state index is 12.7. The number of fused-ring (bicyclic) bond motifs is 1. The van der Waals surface area contributed by atoms with Crippen molar-refractivity contribution in [1.29, 1.82) is 0 Å². The van der Waals surface area contributed by atoms with Gasteiger partial charge in [0.25, 0.3) is 5.56 Å². The van der Waals surface area contributed by atoms with Crippen LogP contribution in [0.2, 0.25) is 0 Å². The molecular weight excluding hydrogens is 530 g/mol. The van der Waals surface area contributed by atoms with E-state index in [-0.39, 0.29) is 12.2 Å². The molecular formula is C30H33N3O8. The summed E-state index contributed by atoms with van der Waals surface area (Å²) in [5.74, 6) is -2.14. The Labute approximate surface area is 236 Å². The fraction of sp³-hybridized carbons (Fsp3) is 0.267. The van der Waals surface area contributed by atoms with E-state index in [0.29, 0.717) is 23.2 Å². The molecule has 0 aliphatic carbocycles. The minimum Gasteiger partial charge on any atom is -0.497 e. The van der Waals surface area contributed by atoms with Crippen LogP contribution in [0.25, 0.3) is 22.2 Å². The second-order valence-electron chi connectivity index (χ2n) is 9.29. The van der Waals surface area contributed by atoms with Gasteiger partial charge in [-0.3, -0.25) is 9.78 Å². The van der Waals surface area contributed by atoms with Crippen molar-refractivity contribution in [1.82, 2.24) is 14.5 Å². The number of nitrogens with zero attached hydrogens (tertiary/aromatic N) is 3. The molecule has 3 N–H and O–H groups in total. The first-order chi connectivity index (χ1) is 19.6. The van der Waals surface area contributed by atoms with Crippen LogP contribution in [0.1, 0.15) is 5.56 Å². The van der Waals surface area contributed by atoms with Gasteiger partial charge in [0.15, 0.2) is 0 Å². The fourth-order valence-electron chi connectivity index (χ4n) is 4.04. The molecule has 0 saturated carbocycles. The quantitative estimate of drug-likeness (QED) is 0.246. The summed E-state index contributed by atoms with van der Waals surface area (Å²) in [5, 5.41) is 25.8. The highest BCUT2D eigenvalue weighted by atomic mass is 16.5. The highest BCUT2D eigenvalue weighted by Crippen LogP contribution is 2.23. The zero-order valence-electron chi connectivity index (χ0n) is 23.1. The van der Waals surface area contributed by atoms with E-state index in [1.165, 1.54) is 5.56 Å². The zero-order valence-corrected chi connectivity index (χ0v) is 23.1. The molecule has 2 aromatic heterocycles. The van der Waals surface area contributed by atoms with Crippen LogP contribution in [-0.2, 0) is 23.1 Å². The average Bonchev–Trinajstić information content (AvgIpc) is 2.97. The first kappa shape index (κ1) is 30.8. The van der Waals surface area contributed by atoms with Gasteiger partial charge in [0.05, 0.1) is 23.7 Å². The van der Waals surface area contributed by atoms with E-state index < -0.39 is 18.0 Å². The van der Waals surface area contributed by atoms with Gasteiger partial charge in [0, 0.05) is 26.3 Å². The van der Waals surface area contributed by atoms with Crippen LogP contribution >= 0.6 is 0 Å². The van der Waals surface area contributed by atoms with Gasteiger partial charge in [-0.05, 0) is 79.2 Å². The lowest BCUT2D eigenvalue weighted by molar-refractivity contribution is -0.159. The van der Waals surface area contributed by atoms with Crippen molar-refractivity contribution in [3.63, 3.8) is 0 Å². The summed E-state index contributed by atoms with van der Waals surface area (Å²) in [7, 11) is 5.41. The first-order valence-corrected chi connectivity index (χ1v) is 12.7. The molecule has 0 saturated heterocycles. The average molecular weight is 564 g/mol. The molecule has 11 heteroatoms. The Morgan fingerprint density at radius 3 is 2.24 bits per heavy atom. The van der Waals surface area contributed by atoms with Crippen LogP contribution < -0.4 is 15.0 Å². The maximum absolute atomic E-state index is 12.7. The Bertz CT molecular complexity index is 1510. The van der Waals surface area contributed by atoms with Crippen LogP contribution in [0.5, 0.6) is 11.5 Å². The lowest BCUT2D eigenvalue weighted by Crippen LogP contribution is -2.34. The minimum absolute atomic E-state index is 0.0786. The Hall–Kier alpha value is -4.74. The molecule has 216 valence electrons. The summed E-state index contributed by atoms with van der Waals surface area (Å²) in [4.78, 5) is 37.3. The van der Waals surface area contributed by atoms with Gasteiger partial charge in [0.2, 0.25) is 0 Å². The van der Waals surface area contributed by atoms with E-state index in [9.17, 15) is 9.90 Å². The third-order valence-electron chi connectivity index (χ3n) is 6.25. The second kappa shape index (κ2) is 14.6. The number of aliphatic carboxylic acids is 2. The second-order valence-corrected chi connectivity index (χ2v) is 9.29. The molecule has 2 heterocycles. The Morgan fingerprint density at radius 2 is 1.63 bits per heavy atom. The SMILES string of the molecule is COc1ccc(CCN(C)CC(O)COc2ccc(-c3cc4ncccc4c(=O)n3C)cc2)cc1.O=C(O)C(=O)O. The third kappa shape index (κ3) is 8.88. The molecule has 4 rings (SSSR count). The highest BCUT2D eigenvalue weighted by Gasteiger charge is 2.12. The van der Waals surface area contributed by atoms with Crippen LogP contribution in [0.4, 0.5) is 0 Å². The molecule has 41 heavy (non-hydrogen) atoms. The molecule has 1 unspecified atom stereocenters. The van der Waals surface area contributed by atoms with Crippen molar-refractivity contribution < 1.29 is 34.4 Å². The van der Waals surface area contributed by atoms with Gasteiger partial charge in [-0.15, -0.1) is 0 Å². The van der Waals surface area contributed by atoms with Crippen LogP contribution in [0.15, 0.2) is 77.7 Å². The number of methoxy groups -OCH3 is 1. The number of hydrogen-bond donors (Lipinski definition) is 3. The summed E-state index contributed by atoms with van der Waals surface area (Å²) in [5.41, 5.74) is 3.49. The molecule has 4 aromatic rings. The van der Waals surface area contributed by atoms with Crippen LogP contribution in [-0.4, -0.2) is 81.7 Å². The van der Waals surface area contributed by atoms with Crippen molar-refractivity contribution in [2.24, 2.45) is 7.05 Å². The van der Waals surface area contributed by atoms with E-state index in [2.05, 4.69) is 22.0 Å². The highest BCUT2D eigenvalue weighted by molar-refractivity contribution is 6.27. The van der Waals surface area contributed by atoms with E-state index >= 15 is 0 Å². The van der Waals surface area contributed by atoms with Gasteiger partial charge in [-0.1, -0.05) is 12.1 Å². The van der Waals surface area contributed by atoms with Gasteiger partial charge in [-0.25, -0.2) is 9.59 Å². The van der Waals surface area contributed by atoms with Crippen molar-refractivity contribution in [2.45, 2.75) is 12.5 Å². The number of ether oxygens (including phenoxy) is 2. The van der Waals surface area contributed by atoms with Gasteiger partial charge in [0.1, 0.15) is 24.2 Å². The number of carboxylic acid groups (broad SMARTS) is 2. The van der Waals surface area contributed by atoms with Gasteiger partial charge < -0.3 is 34.3 Å².